The summed E-state index contributed by atoms with van der Waals surface area (Å²) >= 11 is 0. The number of nitrogens with one attached hydrogen (secondary N) is 1. The molecule has 0 bridgehead atoms. The van der Waals surface area contributed by atoms with E-state index in [-0.39, 0.29) is 12.2 Å². The quantitative estimate of drug-likeness (QED) is 0.264. The van der Waals surface area contributed by atoms with Crippen LogP contribution in [-0.4, -0.2) is 46.4 Å². The summed E-state index contributed by atoms with van der Waals surface area (Å²) in [7, 11) is -1.34. The smallest absolute Gasteiger partial charge is 0.451 e. The lowest BCUT2D eigenvalue weighted by atomic mass is 9.66. The summed E-state index contributed by atoms with van der Waals surface area (Å²) < 4.78 is 0. The molecule has 7 heteroatoms. The van der Waals surface area contributed by atoms with Crippen LogP contribution in [0.25, 0.3) is 11.1 Å². The maximum absolute atomic E-state index is 11.8. The first-order chi connectivity index (χ1) is 14.9. The van der Waals surface area contributed by atoms with Crippen LogP contribution in [0.4, 0.5) is 0 Å². The zero-order valence-electron chi connectivity index (χ0n) is 17.9. The third kappa shape index (κ3) is 6.40. The molecule has 1 unspecified atom stereocenters. The number of hydrogen-bond acceptors (Lipinski definition) is 5. The van der Waals surface area contributed by atoms with Gasteiger partial charge in [0.2, 0.25) is 0 Å². The SMILES string of the molecule is NC(CCCCB(O)O)(C(=O)O)C1CC(NCCc2ccc(-c3ccccc3)cc2)C1. The van der Waals surface area contributed by atoms with Crippen molar-refractivity contribution in [2.45, 2.75) is 56.4 Å². The Morgan fingerprint density at radius 1 is 1.03 bits per heavy atom. The van der Waals surface area contributed by atoms with Crippen molar-refractivity contribution in [3.8, 4) is 11.1 Å². The van der Waals surface area contributed by atoms with Crippen LogP contribution in [-0.2, 0) is 11.2 Å². The fourth-order valence-corrected chi connectivity index (χ4v) is 4.35. The minimum atomic E-state index is -1.34. The van der Waals surface area contributed by atoms with Crippen LogP contribution in [0.3, 0.4) is 0 Å². The van der Waals surface area contributed by atoms with E-state index in [1.807, 2.05) is 18.2 Å². The fourth-order valence-electron chi connectivity index (χ4n) is 4.35. The molecule has 0 spiro atoms. The molecule has 0 amide bonds. The van der Waals surface area contributed by atoms with Gasteiger partial charge in [-0.25, -0.2) is 0 Å². The number of carbonyl (C=O) groups is 1. The highest BCUT2D eigenvalue weighted by atomic mass is 16.4. The van der Waals surface area contributed by atoms with Crippen molar-refractivity contribution in [1.29, 1.82) is 0 Å². The van der Waals surface area contributed by atoms with Gasteiger partial charge in [-0.3, -0.25) is 4.79 Å². The summed E-state index contributed by atoms with van der Waals surface area (Å²) in [6.45, 7) is 0.848. The monoisotopic (exact) mass is 424 g/mol. The largest absolute Gasteiger partial charge is 0.480 e. The Kier molecular flexibility index (Phi) is 8.26. The first kappa shape index (κ1) is 23.5. The summed E-state index contributed by atoms with van der Waals surface area (Å²) in [5.74, 6) is -1.01. The molecule has 0 radical (unpaired) electrons. The Morgan fingerprint density at radius 2 is 1.68 bits per heavy atom. The van der Waals surface area contributed by atoms with Gasteiger partial charge in [0.05, 0.1) is 0 Å². The topological polar surface area (TPSA) is 116 Å². The number of rotatable bonds is 12. The highest BCUT2D eigenvalue weighted by Gasteiger charge is 2.47. The average Bonchev–Trinajstić information content (AvgIpc) is 2.73. The molecule has 1 aliphatic carbocycles. The van der Waals surface area contributed by atoms with Crippen molar-refractivity contribution in [2.24, 2.45) is 11.7 Å². The van der Waals surface area contributed by atoms with E-state index in [2.05, 4.69) is 41.7 Å². The lowest BCUT2D eigenvalue weighted by Gasteiger charge is -2.45. The number of nitrogens with two attached hydrogens (primary N) is 1. The van der Waals surface area contributed by atoms with Crippen molar-refractivity contribution < 1.29 is 19.9 Å². The number of carboxylic acid groups (broad SMARTS) is 1. The Labute approximate surface area is 184 Å². The van der Waals surface area contributed by atoms with Gasteiger partial charge < -0.3 is 26.2 Å². The predicted molar refractivity (Wildman–Crippen MR) is 124 cm³/mol. The van der Waals surface area contributed by atoms with Crippen LogP contribution in [0.15, 0.2) is 54.6 Å². The number of benzene rings is 2. The van der Waals surface area contributed by atoms with Crippen molar-refractivity contribution in [2.75, 3.05) is 6.54 Å². The van der Waals surface area contributed by atoms with Gasteiger partial charge >= 0.3 is 13.1 Å². The van der Waals surface area contributed by atoms with E-state index < -0.39 is 18.6 Å². The summed E-state index contributed by atoms with van der Waals surface area (Å²) in [6, 6.07) is 19.2. The van der Waals surface area contributed by atoms with Gasteiger partial charge in [0.25, 0.3) is 0 Å². The normalized spacial score (nSPS) is 20.0. The molecule has 1 aliphatic rings. The third-order valence-electron chi connectivity index (χ3n) is 6.48. The molecule has 0 aliphatic heterocycles. The summed E-state index contributed by atoms with van der Waals surface area (Å²) in [6.07, 6.45) is 4.19. The van der Waals surface area contributed by atoms with Crippen molar-refractivity contribution >= 4 is 13.1 Å². The first-order valence-electron chi connectivity index (χ1n) is 11.1. The lowest BCUT2D eigenvalue weighted by Crippen LogP contribution is -2.61. The average molecular weight is 424 g/mol. The Balaban J connectivity index is 1.39. The van der Waals surface area contributed by atoms with Crippen LogP contribution in [0.5, 0.6) is 0 Å². The maximum Gasteiger partial charge on any atom is 0.451 e. The molecule has 1 atom stereocenters. The lowest BCUT2D eigenvalue weighted by molar-refractivity contribution is -0.148. The Bertz CT molecular complexity index is 825. The van der Waals surface area contributed by atoms with Crippen molar-refractivity contribution in [1.82, 2.24) is 5.32 Å². The molecule has 31 heavy (non-hydrogen) atoms. The van der Waals surface area contributed by atoms with Crippen LogP contribution in [0, 0.1) is 5.92 Å². The van der Waals surface area contributed by atoms with E-state index in [4.69, 9.17) is 15.8 Å². The fraction of sp³-hybridized carbons (Fsp3) is 0.458. The molecule has 2 aromatic carbocycles. The third-order valence-corrected chi connectivity index (χ3v) is 6.48. The van der Waals surface area contributed by atoms with Crippen LogP contribution < -0.4 is 11.1 Å². The van der Waals surface area contributed by atoms with Crippen molar-refractivity contribution in [3.05, 3.63) is 60.2 Å². The summed E-state index contributed by atoms with van der Waals surface area (Å²) in [4.78, 5) is 11.8. The minimum Gasteiger partial charge on any atom is -0.480 e. The second-order valence-electron chi connectivity index (χ2n) is 8.70. The predicted octanol–water partition coefficient (Wildman–Crippen LogP) is 2.69. The van der Waals surface area contributed by atoms with Gasteiger partial charge in [-0.1, -0.05) is 67.4 Å². The zero-order chi connectivity index (χ0) is 22.3. The molecular formula is C24H33BN2O4. The second kappa shape index (κ2) is 10.9. The highest BCUT2D eigenvalue weighted by molar-refractivity contribution is 6.40. The summed E-state index contributed by atoms with van der Waals surface area (Å²) in [5.41, 5.74) is 8.72. The van der Waals surface area contributed by atoms with Crippen LogP contribution >= 0.6 is 0 Å². The molecule has 6 N–H and O–H groups in total. The van der Waals surface area contributed by atoms with Gasteiger partial charge in [-0.2, -0.15) is 0 Å². The molecule has 0 heterocycles. The second-order valence-corrected chi connectivity index (χ2v) is 8.70. The number of hydrogen-bond donors (Lipinski definition) is 5. The Morgan fingerprint density at radius 3 is 2.29 bits per heavy atom. The molecule has 166 valence electrons. The summed E-state index contributed by atoms with van der Waals surface area (Å²) in [5, 5.41) is 31.0. The van der Waals surface area contributed by atoms with Gasteiger partial charge in [-0.15, -0.1) is 0 Å². The van der Waals surface area contributed by atoms with Gasteiger partial charge in [-0.05, 0) is 61.2 Å². The molecule has 1 fully saturated rings. The maximum atomic E-state index is 11.8. The van der Waals surface area contributed by atoms with E-state index >= 15 is 0 Å². The molecule has 3 rings (SSSR count). The van der Waals surface area contributed by atoms with Gasteiger partial charge in [0.1, 0.15) is 5.54 Å². The molecule has 1 saturated carbocycles. The van der Waals surface area contributed by atoms with Gasteiger partial charge in [0.15, 0.2) is 0 Å². The van der Waals surface area contributed by atoms with Gasteiger partial charge in [0, 0.05) is 6.04 Å². The molecule has 2 aromatic rings. The van der Waals surface area contributed by atoms with E-state index in [0.29, 0.717) is 25.3 Å². The first-order valence-corrected chi connectivity index (χ1v) is 11.1. The van der Waals surface area contributed by atoms with E-state index in [1.165, 1.54) is 16.7 Å². The number of aliphatic carboxylic acids is 1. The Hall–Kier alpha value is -2.19. The number of unbranched alkanes of at least 4 members (excludes halogenated alkanes) is 1. The van der Waals surface area contributed by atoms with Crippen LogP contribution in [0.2, 0.25) is 6.32 Å². The standard InChI is InChI=1S/C24H33BN2O4/c26-24(23(28)29,13-4-5-14-25(30)31)21-16-22(17-21)27-15-12-18-8-10-20(11-9-18)19-6-2-1-3-7-19/h1-3,6-11,21-22,27,30-31H,4-5,12-17,26H2,(H,28,29). The van der Waals surface area contributed by atoms with E-state index in [9.17, 15) is 9.90 Å². The highest BCUT2D eigenvalue weighted by Crippen LogP contribution is 2.38. The van der Waals surface area contributed by atoms with E-state index in [0.717, 1.165) is 25.8 Å². The molecule has 6 nitrogen and oxygen atoms in total. The number of carboxylic acids is 1. The van der Waals surface area contributed by atoms with E-state index in [1.54, 1.807) is 0 Å². The van der Waals surface area contributed by atoms with Crippen LogP contribution in [0.1, 0.15) is 37.7 Å². The zero-order valence-corrected chi connectivity index (χ0v) is 17.9. The molecule has 0 aromatic heterocycles. The molecular weight excluding hydrogens is 391 g/mol. The minimum absolute atomic E-state index is 0.0493. The van der Waals surface area contributed by atoms with Crippen molar-refractivity contribution in [3.63, 3.8) is 0 Å². The molecule has 0 saturated heterocycles.